The minimum atomic E-state index is -1.01. The quantitative estimate of drug-likeness (QED) is 0.429. The summed E-state index contributed by atoms with van der Waals surface area (Å²) in [6.07, 6.45) is 4.45. The van der Waals surface area contributed by atoms with Crippen molar-refractivity contribution >= 4 is 35.0 Å². The normalized spacial score (nSPS) is 12.4. The molecule has 3 rings (SSSR count). The highest BCUT2D eigenvalue weighted by Gasteiger charge is 2.28. The van der Waals surface area contributed by atoms with Crippen molar-refractivity contribution in [3.63, 3.8) is 0 Å². The molecule has 0 aliphatic heterocycles. The van der Waals surface area contributed by atoms with E-state index in [-0.39, 0.29) is 29.0 Å². The van der Waals surface area contributed by atoms with E-state index in [2.05, 4.69) is 25.7 Å². The van der Waals surface area contributed by atoms with Crippen LogP contribution in [0.25, 0.3) is 0 Å². The Morgan fingerprint density at radius 2 is 2.10 bits per heavy atom. The third-order valence-electron chi connectivity index (χ3n) is 4.53. The van der Waals surface area contributed by atoms with Crippen LogP contribution in [0.5, 0.6) is 0 Å². The zero-order valence-electron chi connectivity index (χ0n) is 16.3. The van der Waals surface area contributed by atoms with Gasteiger partial charge in [0.1, 0.15) is 16.4 Å². The zero-order valence-corrected chi connectivity index (χ0v) is 17.1. The van der Waals surface area contributed by atoms with Crippen molar-refractivity contribution < 1.29 is 14.3 Å². The fraction of sp³-hybridized carbons (Fsp3) is 0.263. The largest absolute Gasteiger partial charge is 0.394 e. The fourth-order valence-corrected chi connectivity index (χ4v) is 2.75. The number of primary amides is 1. The van der Waals surface area contributed by atoms with Gasteiger partial charge in [0.05, 0.1) is 30.7 Å². The second-order valence-electron chi connectivity index (χ2n) is 7.01. The summed E-state index contributed by atoms with van der Waals surface area (Å²) < 4.78 is 15.5. The van der Waals surface area contributed by atoms with E-state index in [1.165, 1.54) is 23.1 Å². The molecule has 0 bridgehead atoms. The zero-order chi connectivity index (χ0) is 21.9. The second-order valence-corrected chi connectivity index (χ2v) is 7.42. The molecule has 30 heavy (non-hydrogen) atoms. The standard InChI is InChI=1S/C19H21ClFN7O2/c1-19(2,17(22)30)28-9-11(7-24-28)25-18-23-8-13(20)16(27-18)26-15(10-29)12-5-3-4-6-14(12)21/h3-9,15,29H,10H2,1-2H3,(H2,22,30)(H2,23,25,26,27)/t15-/m1/s1. The summed E-state index contributed by atoms with van der Waals surface area (Å²) in [7, 11) is 0. The van der Waals surface area contributed by atoms with Crippen LogP contribution in [0.2, 0.25) is 5.02 Å². The molecular weight excluding hydrogens is 413 g/mol. The van der Waals surface area contributed by atoms with E-state index in [1.807, 2.05) is 0 Å². The molecule has 158 valence electrons. The molecule has 0 aliphatic rings. The summed E-state index contributed by atoms with van der Waals surface area (Å²) in [5.41, 5.74) is 5.19. The molecule has 11 heteroatoms. The SMILES string of the molecule is CC(C)(C(N)=O)n1cc(Nc2ncc(Cl)c(N[C@H](CO)c3ccccc3F)n2)cn1. The molecule has 9 nitrogen and oxygen atoms in total. The van der Waals surface area contributed by atoms with Crippen molar-refractivity contribution in [3.05, 3.63) is 59.3 Å². The Labute approximate surface area is 177 Å². The predicted molar refractivity (Wildman–Crippen MR) is 111 cm³/mol. The number of aliphatic hydroxyl groups excluding tert-OH is 1. The molecule has 1 aromatic carbocycles. The van der Waals surface area contributed by atoms with E-state index in [4.69, 9.17) is 17.3 Å². The number of rotatable bonds is 8. The molecule has 0 unspecified atom stereocenters. The smallest absolute Gasteiger partial charge is 0.244 e. The lowest BCUT2D eigenvalue weighted by molar-refractivity contribution is -0.125. The van der Waals surface area contributed by atoms with Crippen molar-refractivity contribution in [2.24, 2.45) is 5.73 Å². The number of aromatic nitrogens is 4. The lowest BCUT2D eigenvalue weighted by Crippen LogP contribution is -2.41. The van der Waals surface area contributed by atoms with Crippen molar-refractivity contribution in [1.82, 2.24) is 19.7 Å². The highest BCUT2D eigenvalue weighted by atomic mass is 35.5. The van der Waals surface area contributed by atoms with Gasteiger partial charge in [0, 0.05) is 11.8 Å². The first-order valence-electron chi connectivity index (χ1n) is 8.98. The third kappa shape index (κ3) is 4.50. The number of nitrogens with two attached hydrogens (primary N) is 1. The molecule has 0 radical (unpaired) electrons. The van der Waals surface area contributed by atoms with Crippen LogP contribution in [0, 0.1) is 5.82 Å². The molecular formula is C19H21ClFN7O2. The monoisotopic (exact) mass is 433 g/mol. The Bertz CT molecular complexity index is 1060. The minimum Gasteiger partial charge on any atom is -0.394 e. The van der Waals surface area contributed by atoms with E-state index in [9.17, 15) is 14.3 Å². The van der Waals surface area contributed by atoms with Crippen LogP contribution in [0.15, 0.2) is 42.9 Å². The van der Waals surface area contributed by atoms with Gasteiger partial charge < -0.3 is 21.5 Å². The first-order chi connectivity index (χ1) is 14.2. The number of hydrogen-bond donors (Lipinski definition) is 4. The maximum Gasteiger partial charge on any atom is 0.244 e. The summed E-state index contributed by atoms with van der Waals surface area (Å²) in [6, 6.07) is 5.34. The number of hydrogen-bond acceptors (Lipinski definition) is 7. The topological polar surface area (TPSA) is 131 Å². The van der Waals surface area contributed by atoms with Crippen molar-refractivity contribution in [3.8, 4) is 0 Å². The number of nitrogens with one attached hydrogen (secondary N) is 2. The van der Waals surface area contributed by atoms with Gasteiger partial charge in [-0.1, -0.05) is 29.8 Å². The maximum atomic E-state index is 14.1. The number of anilines is 3. The van der Waals surface area contributed by atoms with E-state index in [0.717, 1.165) is 0 Å². The van der Waals surface area contributed by atoms with Crippen LogP contribution < -0.4 is 16.4 Å². The van der Waals surface area contributed by atoms with Crippen LogP contribution in [0.1, 0.15) is 25.5 Å². The Kier molecular flexibility index (Phi) is 6.18. The van der Waals surface area contributed by atoms with Gasteiger partial charge in [0.15, 0.2) is 5.82 Å². The third-order valence-corrected chi connectivity index (χ3v) is 4.81. The van der Waals surface area contributed by atoms with Gasteiger partial charge in [-0.2, -0.15) is 10.1 Å². The lowest BCUT2D eigenvalue weighted by atomic mass is 10.1. The molecule has 5 N–H and O–H groups in total. The molecule has 0 saturated carbocycles. The second kappa shape index (κ2) is 8.64. The fourth-order valence-electron chi connectivity index (χ4n) is 2.61. The number of amides is 1. The number of aliphatic hydroxyl groups is 1. The molecule has 0 spiro atoms. The van der Waals surface area contributed by atoms with Crippen molar-refractivity contribution in [2.75, 3.05) is 17.2 Å². The summed E-state index contributed by atoms with van der Waals surface area (Å²) >= 11 is 6.17. The number of carbonyl (C=O) groups excluding carboxylic acids is 1. The van der Waals surface area contributed by atoms with Gasteiger partial charge in [0.2, 0.25) is 11.9 Å². The summed E-state index contributed by atoms with van der Waals surface area (Å²) in [5.74, 6) is -0.600. The Morgan fingerprint density at radius 1 is 1.37 bits per heavy atom. The average Bonchev–Trinajstić information content (AvgIpc) is 3.18. The van der Waals surface area contributed by atoms with Crippen LogP contribution in [0.4, 0.5) is 21.8 Å². The molecule has 0 aliphatic carbocycles. The minimum absolute atomic E-state index is 0.184. The van der Waals surface area contributed by atoms with Crippen LogP contribution >= 0.6 is 11.6 Å². The van der Waals surface area contributed by atoms with Gasteiger partial charge in [-0.25, -0.2) is 9.37 Å². The van der Waals surface area contributed by atoms with Gasteiger partial charge in [-0.3, -0.25) is 9.48 Å². The molecule has 1 amide bonds. The van der Waals surface area contributed by atoms with Crippen molar-refractivity contribution in [1.29, 1.82) is 0 Å². The van der Waals surface area contributed by atoms with E-state index in [1.54, 1.807) is 38.2 Å². The van der Waals surface area contributed by atoms with Crippen molar-refractivity contribution in [2.45, 2.75) is 25.4 Å². The lowest BCUT2D eigenvalue weighted by Gasteiger charge is -2.20. The molecule has 2 heterocycles. The number of carbonyl (C=O) groups is 1. The average molecular weight is 434 g/mol. The summed E-state index contributed by atoms with van der Waals surface area (Å²) in [6.45, 7) is 2.91. The first-order valence-corrected chi connectivity index (χ1v) is 9.36. The van der Waals surface area contributed by atoms with Crippen LogP contribution in [-0.2, 0) is 10.3 Å². The molecule has 1 atom stereocenters. The van der Waals surface area contributed by atoms with Crippen LogP contribution in [-0.4, -0.2) is 37.4 Å². The first kappa shape index (κ1) is 21.5. The Morgan fingerprint density at radius 3 is 2.77 bits per heavy atom. The molecule has 0 fully saturated rings. The van der Waals surface area contributed by atoms with Crippen LogP contribution in [0.3, 0.4) is 0 Å². The van der Waals surface area contributed by atoms with Gasteiger partial charge in [-0.15, -0.1) is 0 Å². The van der Waals surface area contributed by atoms with Gasteiger partial charge in [-0.05, 0) is 19.9 Å². The Balaban J connectivity index is 1.81. The number of nitrogens with zero attached hydrogens (tertiary/aromatic N) is 4. The number of benzene rings is 1. The summed E-state index contributed by atoms with van der Waals surface area (Å²) in [4.78, 5) is 20.0. The highest BCUT2D eigenvalue weighted by Crippen LogP contribution is 2.27. The molecule has 2 aromatic heterocycles. The van der Waals surface area contributed by atoms with Gasteiger partial charge in [0.25, 0.3) is 0 Å². The van der Waals surface area contributed by atoms with E-state index < -0.39 is 23.3 Å². The molecule has 0 saturated heterocycles. The maximum absolute atomic E-state index is 14.1. The number of halogens is 2. The highest BCUT2D eigenvalue weighted by molar-refractivity contribution is 6.32. The van der Waals surface area contributed by atoms with Gasteiger partial charge >= 0.3 is 0 Å². The summed E-state index contributed by atoms with van der Waals surface area (Å²) in [5, 5.41) is 19.9. The predicted octanol–water partition coefficient (Wildman–Crippen LogP) is 2.58. The van der Waals surface area contributed by atoms with E-state index in [0.29, 0.717) is 5.69 Å². The Hall–Kier alpha value is -3.24. The molecule has 3 aromatic rings. The van der Waals surface area contributed by atoms with E-state index >= 15 is 0 Å².